The number of ketones is 1. The van der Waals surface area contributed by atoms with Gasteiger partial charge in [0.25, 0.3) is 11.7 Å². The van der Waals surface area contributed by atoms with Crippen LogP contribution >= 0.6 is 0 Å². The molecule has 1 unspecified atom stereocenters. The average Bonchev–Trinajstić information content (AvgIpc) is 3.08. The number of hydrogen-bond donors (Lipinski definition) is 1. The van der Waals surface area contributed by atoms with Gasteiger partial charge >= 0.3 is 0 Å². The third-order valence-electron chi connectivity index (χ3n) is 4.10. The molecule has 0 saturated carbocycles. The second-order valence-electron chi connectivity index (χ2n) is 5.55. The first-order valence-corrected chi connectivity index (χ1v) is 8.79. The van der Waals surface area contributed by atoms with Gasteiger partial charge in [0.1, 0.15) is 0 Å². The van der Waals surface area contributed by atoms with Crippen molar-refractivity contribution in [1.82, 2.24) is 9.88 Å². The van der Waals surface area contributed by atoms with Crippen LogP contribution < -0.4 is 0 Å². The molecule has 22 heavy (non-hydrogen) atoms. The van der Waals surface area contributed by atoms with Gasteiger partial charge in [-0.25, -0.2) is 8.42 Å². The Hall–Kier alpha value is -2.15. The molecule has 6 nitrogen and oxygen atoms in total. The monoisotopic (exact) mass is 320 g/mol. The second kappa shape index (κ2) is 5.24. The van der Waals surface area contributed by atoms with Gasteiger partial charge in [0.2, 0.25) is 0 Å². The van der Waals surface area contributed by atoms with Gasteiger partial charge in [-0.15, -0.1) is 0 Å². The van der Waals surface area contributed by atoms with Gasteiger partial charge in [-0.3, -0.25) is 9.59 Å². The molecule has 1 N–H and O–H groups in total. The van der Waals surface area contributed by atoms with Crippen LogP contribution in [0.1, 0.15) is 16.8 Å². The van der Waals surface area contributed by atoms with E-state index in [0.29, 0.717) is 17.4 Å². The predicted octanol–water partition coefficient (Wildman–Crippen LogP) is 0.996. The van der Waals surface area contributed by atoms with Gasteiger partial charge in [-0.2, -0.15) is 0 Å². The summed E-state index contributed by atoms with van der Waals surface area (Å²) >= 11 is 0. The molecule has 1 saturated heterocycles. The summed E-state index contributed by atoms with van der Waals surface area (Å²) in [6.45, 7) is 0. The third-order valence-corrected chi connectivity index (χ3v) is 5.85. The van der Waals surface area contributed by atoms with Crippen molar-refractivity contribution in [3.63, 3.8) is 0 Å². The van der Waals surface area contributed by atoms with Gasteiger partial charge in [0, 0.05) is 30.2 Å². The average molecular weight is 320 g/mol. The summed E-state index contributed by atoms with van der Waals surface area (Å²) in [5.74, 6) is -1.30. The zero-order valence-corrected chi connectivity index (χ0v) is 12.9. The number of amides is 1. The molecule has 1 aliphatic rings. The van der Waals surface area contributed by atoms with Crippen molar-refractivity contribution in [3.8, 4) is 0 Å². The molecule has 116 valence electrons. The second-order valence-corrected chi connectivity index (χ2v) is 7.78. The first kappa shape index (κ1) is 14.8. The Bertz CT molecular complexity index is 853. The Labute approximate surface area is 128 Å². The maximum Gasteiger partial charge on any atom is 0.295 e. The Morgan fingerprint density at radius 2 is 2.00 bits per heavy atom. The number of fused-ring (bicyclic) bond motifs is 1. The number of carbonyl (C=O) groups is 2. The van der Waals surface area contributed by atoms with E-state index in [4.69, 9.17) is 0 Å². The number of nitrogens with one attached hydrogen (secondary N) is 1. The van der Waals surface area contributed by atoms with Crippen molar-refractivity contribution in [2.75, 3.05) is 18.6 Å². The summed E-state index contributed by atoms with van der Waals surface area (Å²) in [4.78, 5) is 29.0. The van der Waals surface area contributed by atoms with E-state index in [0.717, 1.165) is 5.52 Å². The number of rotatable bonds is 3. The standard InChI is InChI=1S/C15H16N2O4S/c1-17(10-6-7-22(20,21)9-10)15(19)14(18)12-8-16-13-5-3-2-4-11(12)13/h2-5,8,10,16H,6-7,9H2,1H3. The molecule has 0 bridgehead atoms. The number of aromatic nitrogens is 1. The quantitative estimate of drug-likeness (QED) is 0.675. The van der Waals surface area contributed by atoms with E-state index >= 15 is 0 Å². The van der Waals surface area contributed by atoms with Crippen molar-refractivity contribution >= 4 is 32.4 Å². The van der Waals surface area contributed by atoms with Crippen LogP contribution in [0.25, 0.3) is 10.9 Å². The number of para-hydroxylation sites is 1. The summed E-state index contributed by atoms with van der Waals surface area (Å²) in [6.07, 6.45) is 1.90. The molecule has 2 aromatic rings. The SMILES string of the molecule is CN(C(=O)C(=O)c1c[nH]c2ccccc12)C1CCS(=O)(=O)C1. The number of hydrogen-bond acceptors (Lipinski definition) is 4. The lowest BCUT2D eigenvalue weighted by Crippen LogP contribution is -2.41. The molecule has 1 atom stereocenters. The van der Waals surface area contributed by atoms with E-state index in [-0.39, 0.29) is 11.5 Å². The van der Waals surface area contributed by atoms with Crippen LogP contribution in [0.5, 0.6) is 0 Å². The van der Waals surface area contributed by atoms with Crippen LogP contribution in [0.4, 0.5) is 0 Å². The molecule has 0 spiro atoms. The zero-order chi connectivity index (χ0) is 15.9. The highest BCUT2D eigenvalue weighted by molar-refractivity contribution is 7.91. The molecule has 2 heterocycles. The number of benzene rings is 1. The van der Waals surface area contributed by atoms with E-state index in [2.05, 4.69) is 4.98 Å². The number of H-pyrrole nitrogens is 1. The van der Waals surface area contributed by atoms with Crippen LogP contribution in [0.15, 0.2) is 30.5 Å². The maximum atomic E-state index is 12.4. The number of aromatic amines is 1. The van der Waals surface area contributed by atoms with Crippen molar-refractivity contribution < 1.29 is 18.0 Å². The largest absolute Gasteiger partial charge is 0.360 e. The molecule has 1 aliphatic heterocycles. The molecule has 1 aromatic carbocycles. The highest BCUT2D eigenvalue weighted by atomic mass is 32.2. The normalized spacial score (nSPS) is 20.1. The molecular formula is C15H16N2O4S. The molecule has 3 rings (SSSR count). The fourth-order valence-electron chi connectivity index (χ4n) is 2.78. The summed E-state index contributed by atoms with van der Waals surface area (Å²) in [5.41, 5.74) is 1.10. The van der Waals surface area contributed by atoms with Gasteiger partial charge in [0.15, 0.2) is 9.84 Å². The van der Waals surface area contributed by atoms with Gasteiger partial charge in [-0.1, -0.05) is 18.2 Å². The topological polar surface area (TPSA) is 87.3 Å². The highest BCUT2D eigenvalue weighted by Gasteiger charge is 2.35. The van der Waals surface area contributed by atoms with Gasteiger partial charge in [0.05, 0.1) is 17.1 Å². The number of likely N-dealkylation sites (N-methyl/N-ethyl adjacent to an activating group) is 1. The zero-order valence-electron chi connectivity index (χ0n) is 12.1. The van der Waals surface area contributed by atoms with Crippen LogP contribution in [-0.2, 0) is 14.6 Å². The molecule has 0 radical (unpaired) electrons. The van der Waals surface area contributed by atoms with Crippen molar-refractivity contribution in [3.05, 3.63) is 36.0 Å². The lowest BCUT2D eigenvalue weighted by molar-refractivity contribution is -0.126. The van der Waals surface area contributed by atoms with Crippen LogP contribution in [0, 0.1) is 0 Å². The molecular weight excluding hydrogens is 304 g/mol. The van der Waals surface area contributed by atoms with E-state index in [1.165, 1.54) is 18.1 Å². The minimum Gasteiger partial charge on any atom is -0.360 e. The smallest absolute Gasteiger partial charge is 0.295 e. The summed E-state index contributed by atoms with van der Waals surface area (Å²) < 4.78 is 23.0. The molecule has 7 heteroatoms. The number of carbonyl (C=O) groups excluding carboxylic acids is 2. The Balaban J connectivity index is 1.84. The van der Waals surface area contributed by atoms with E-state index in [1.54, 1.807) is 12.1 Å². The molecule has 1 fully saturated rings. The predicted molar refractivity (Wildman–Crippen MR) is 82.5 cm³/mol. The van der Waals surface area contributed by atoms with Crippen LogP contribution in [0.2, 0.25) is 0 Å². The molecule has 0 aliphatic carbocycles. The number of Topliss-reactive ketones (excluding diaryl/α,β-unsaturated/α-hetero) is 1. The molecule has 1 amide bonds. The summed E-state index contributed by atoms with van der Waals surface area (Å²) in [5, 5.41) is 0.688. The van der Waals surface area contributed by atoms with Crippen LogP contribution in [-0.4, -0.2) is 54.6 Å². The summed E-state index contributed by atoms with van der Waals surface area (Å²) in [6, 6.07) is 6.80. The Morgan fingerprint density at radius 3 is 2.68 bits per heavy atom. The van der Waals surface area contributed by atoms with Crippen molar-refractivity contribution in [2.24, 2.45) is 0 Å². The number of sulfone groups is 1. The van der Waals surface area contributed by atoms with Crippen molar-refractivity contribution in [1.29, 1.82) is 0 Å². The van der Waals surface area contributed by atoms with Gasteiger partial charge in [-0.05, 0) is 12.5 Å². The van der Waals surface area contributed by atoms with E-state index < -0.39 is 27.6 Å². The first-order chi connectivity index (χ1) is 10.4. The fraction of sp³-hybridized carbons (Fsp3) is 0.333. The minimum atomic E-state index is -3.10. The van der Waals surface area contributed by atoms with Gasteiger partial charge < -0.3 is 9.88 Å². The first-order valence-electron chi connectivity index (χ1n) is 6.97. The summed E-state index contributed by atoms with van der Waals surface area (Å²) in [7, 11) is -1.61. The van der Waals surface area contributed by atoms with E-state index in [1.807, 2.05) is 12.1 Å². The minimum absolute atomic E-state index is 0.0660. The third kappa shape index (κ3) is 2.52. The lowest BCUT2D eigenvalue weighted by Gasteiger charge is -2.22. The lowest BCUT2D eigenvalue weighted by atomic mass is 10.1. The fourth-order valence-corrected chi connectivity index (χ4v) is 4.56. The Kier molecular flexibility index (Phi) is 3.52. The molecule has 1 aromatic heterocycles. The van der Waals surface area contributed by atoms with E-state index in [9.17, 15) is 18.0 Å². The highest BCUT2D eigenvalue weighted by Crippen LogP contribution is 2.21. The van der Waals surface area contributed by atoms with Crippen molar-refractivity contribution in [2.45, 2.75) is 12.5 Å². The Morgan fingerprint density at radius 1 is 1.27 bits per heavy atom. The van der Waals surface area contributed by atoms with Crippen LogP contribution in [0.3, 0.4) is 0 Å². The number of nitrogens with zero attached hydrogens (tertiary/aromatic N) is 1. The maximum absolute atomic E-state index is 12.4.